The maximum Gasteiger partial charge on any atom is 0.323 e. The van der Waals surface area contributed by atoms with Crippen LogP contribution in [0.3, 0.4) is 0 Å². The van der Waals surface area contributed by atoms with E-state index < -0.39 is 0 Å². The quantitative estimate of drug-likeness (QED) is 0.746. The first-order valence-corrected chi connectivity index (χ1v) is 7.38. The van der Waals surface area contributed by atoms with Crippen LogP contribution in [0.5, 0.6) is 6.01 Å². The van der Waals surface area contributed by atoms with Gasteiger partial charge in [0, 0.05) is 13.6 Å². The van der Waals surface area contributed by atoms with Crippen molar-refractivity contribution in [1.29, 1.82) is 0 Å². The van der Waals surface area contributed by atoms with Crippen LogP contribution in [0, 0.1) is 5.92 Å². The number of anilines is 2. The zero-order chi connectivity index (χ0) is 13.4. The third-order valence-corrected chi connectivity index (χ3v) is 3.07. The molecule has 0 fully saturated rings. The zero-order valence-corrected chi connectivity index (χ0v) is 12.2. The van der Waals surface area contributed by atoms with Crippen LogP contribution in [0.15, 0.2) is 0 Å². The molecule has 0 aliphatic heterocycles. The lowest BCUT2D eigenvalue weighted by Gasteiger charge is -2.12. The summed E-state index contributed by atoms with van der Waals surface area (Å²) in [7, 11) is 1.77. The maximum absolute atomic E-state index is 5.30. The van der Waals surface area contributed by atoms with E-state index in [1.165, 1.54) is 0 Å². The highest BCUT2D eigenvalue weighted by Crippen LogP contribution is 2.12. The third-order valence-electron chi connectivity index (χ3n) is 2.17. The number of ether oxygens (including phenoxy) is 1. The molecule has 1 aromatic rings. The molecule has 0 bridgehead atoms. The fourth-order valence-electron chi connectivity index (χ4n) is 1.35. The van der Waals surface area contributed by atoms with Gasteiger partial charge in [0.25, 0.3) is 0 Å². The lowest BCUT2D eigenvalue weighted by Crippen LogP contribution is -2.16. The standard InChI is InChI=1S/C11H21N5OS/c1-5-17-11-15-9(12-3)14-10(16-11)13-6-8(2)7-18-4/h8H,5-7H2,1-4H3,(H2,12,13,14,15,16). The van der Waals surface area contributed by atoms with Gasteiger partial charge in [-0.2, -0.15) is 26.7 Å². The molecule has 1 unspecified atom stereocenters. The number of hydrogen-bond acceptors (Lipinski definition) is 7. The highest BCUT2D eigenvalue weighted by Gasteiger charge is 2.07. The number of hydrogen-bond donors (Lipinski definition) is 2. The summed E-state index contributed by atoms with van der Waals surface area (Å²) in [6, 6.07) is 0.344. The second-order valence-electron chi connectivity index (χ2n) is 3.89. The summed E-state index contributed by atoms with van der Waals surface area (Å²) in [5.41, 5.74) is 0. The van der Waals surface area contributed by atoms with E-state index >= 15 is 0 Å². The van der Waals surface area contributed by atoms with E-state index in [-0.39, 0.29) is 0 Å². The molecule has 0 aromatic carbocycles. The molecule has 102 valence electrons. The minimum absolute atomic E-state index is 0.344. The predicted molar refractivity (Wildman–Crippen MR) is 76.6 cm³/mol. The van der Waals surface area contributed by atoms with Crippen LogP contribution in [0.1, 0.15) is 13.8 Å². The van der Waals surface area contributed by atoms with Gasteiger partial charge in [0.05, 0.1) is 6.61 Å². The first-order chi connectivity index (χ1) is 8.69. The topological polar surface area (TPSA) is 72.0 Å². The molecule has 1 atom stereocenters. The molecule has 0 amide bonds. The summed E-state index contributed by atoms with van der Waals surface area (Å²) in [5.74, 6) is 2.72. The van der Waals surface area contributed by atoms with E-state index in [1.54, 1.807) is 7.05 Å². The Labute approximate surface area is 112 Å². The number of thioether (sulfide) groups is 1. The van der Waals surface area contributed by atoms with E-state index in [4.69, 9.17) is 4.74 Å². The normalized spacial score (nSPS) is 12.0. The molecule has 1 aromatic heterocycles. The molecule has 7 heteroatoms. The predicted octanol–water partition coefficient (Wildman–Crippen LogP) is 1.72. The summed E-state index contributed by atoms with van der Waals surface area (Å²) in [6.45, 7) is 5.46. The molecule has 18 heavy (non-hydrogen) atoms. The van der Waals surface area contributed by atoms with Crippen molar-refractivity contribution in [3.8, 4) is 6.01 Å². The van der Waals surface area contributed by atoms with Gasteiger partial charge >= 0.3 is 6.01 Å². The monoisotopic (exact) mass is 271 g/mol. The van der Waals surface area contributed by atoms with E-state index in [1.807, 2.05) is 18.7 Å². The first-order valence-electron chi connectivity index (χ1n) is 5.99. The first kappa shape index (κ1) is 14.8. The second-order valence-corrected chi connectivity index (χ2v) is 4.80. The van der Waals surface area contributed by atoms with E-state index in [9.17, 15) is 0 Å². The van der Waals surface area contributed by atoms with E-state index in [0.717, 1.165) is 12.3 Å². The van der Waals surface area contributed by atoms with Gasteiger partial charge in [0.2, 0.25) is 11.9 Å². The van der Waals surface area contributed by atoms with Crippen LogP contribution in [-0.2, 0) is 0 Å². The zero-order valence-electron chi connectivity index (χ0n) is 11.4. The van der Waals surface area contributed by atoms with Crippen LogP contribution in [0.2, 0.25) is 0 Å². The highest BCUT2D eigenvalue weighted by atomic mass is 32.2. The fourth-order valence-corrected chi connectivity index (χ4v) is 2.04. The number of nitrogens with zero attached hydrogens (tertiary/aromatic N) is 3. The van der Waals surface area contributed by atoms with E-state index in [0.29, 0.717) is 30.4 Å². The lowest BCUT2D eigenvalue weighted by atomic mass is 10.2. The fraction of sp³-hybridized carbons (Fsp3) is 0.727. The van der Waals surface area contributed by atoms with Crippen molar-refractivity contribution in [2.45, 2.75) is 13.8 Å². The molecule has 1 heterocycles. The minimum atomic E-state index is 0.344. The van der Waals surface area contributed by atoms with Crippen molar-refractivity contribution in [2.75, 3.05) is 42.8 Å². The SMILES string of the molecule is CCOc1nc(NC)nc(NCC(C)CSC)n1. The van der Waals surface area contributed by atoms with Gasteiger partial charge in [-0.3, -0.25) is 0 Å². The highest BCUT2D eigenvalue weighted by molar-refractivity contribution is 7.98. The average molecular weight is 271 g/mol. The van der Waals surface area contributed by atoms with Crippen molar-refractivity contribution >= 4 is 23.7 Å². The van der Waals surface area contributed by atoms with Crippen molar-refractivity contribution < 1.29 is 4.74 Å². The van der Waals surface area contributed by atoms with Gasteiger partial charge in [-0.25, -0.2) is 0 Å². The van der Waals surface area contributed by atoms with Crippen LogP contribution in [0.4, 0.5) is 11.9 Å². The Morgan fingerprint density at radius 1 is 1.28 bits per heavy atom. The number of rotatable bonds is 8. The van der Waals surface area contributed by atoms with Gasteiger partial charge in [-0.15, -0.1) is 0 Å². The molecular formula is C11H21N5OS. The lowest BCUT2D eigenvalue weighted by molar-refractivity contribution is 0.312. The molecular weight excluding hydrogens is 250 g/mol. The summed E-state index contributed by atoms with van der Waals surface area (Å²) in [4.78, 5) is 12.5. The Bertz CT molecular complexity index is 363. The Kier molecular flexibility index (Phi) is 6.56. The summed E-state index contributed by atoms with van der Waals surface area (Å²) in [6.07, 6.45) is 2.10. The minimum Gasteiger partial charge on any atom is -0.464 e. The molecule has 1 rings (SSSR count). The maximum atomic E-state index is 5.30. The number of aromatic nitrogens is 3. The Hall–Kier alpha value is -1.24. The Balaban J connectivity index is 2.65. The van der Waals surface area contributed by atoms with Gasteiger partial charge < -0.3 is 15.4 Å². The molecule has 2 N–H and O–H groups in total. The van der Waals surface area contributed by atoms with E-state index in [2.05, 4.69) is 38.8 Å². The van der Waals surface area contributed by atoms with Crippen LogP contribution in [-0.4, -0.2) is 47.2 Å². The largest absolute Gasteiger partial charge is 0.464 e. The molecule has 0 aliphatic rings. The van der Waals surface area contributed by atoms with Gasteiger partial charge in [0.1, 0.15) is 0 Å². The van der Waals surface area contributed by atoms with Crippen molar-refractivity contribution in [3.05, 3.63) is 0 Å². The second kappa shape index (κ2) is 7.97. The summed E-state index contributed by atoms with van der Waals surface area (Å²) >= 11 is 1.83. The summed E-state index contributed by atoms with van der Waals surface area (Å²) in [5, 5.41) is 6.10. The number of nitrogens with one attached hydrogen (secondary N) is 2. The van der Waals surface area contributed by atoms with Gasteiger partial charge in [-0.05, 0) is 24.9 Å². The smallest absolute Gasteiger partial charge is 0.323 e. The summed E-state index contributed by atoms with van der Waals surface area (Å²) < 4.78 is 5.30. The molecule has 0 saturated heterocycles. The van der Waals surface area contributed by atoms with Crippen LogP contribution in [0.25, 0.3) is 0 Å². The Morgan fingerprint density at radius 2 is 2.00 bits per heavy atom. The molecule has 0 aliphatic carbocycles. The van der Waals surface area contributed by atoms with Crippen molar-refractivity contribution in [1.82, 2.24) is 15.0 Å². The molecule has 0 saturated carbocycles. The average Bonchev–Trinajstić information content (AvgIpc) is 2.37. The van der Waals surface area contributed by atoms with Crippen LogP contribution < -0.4 is 15.4 Å². The van der Waals surface area contributed by atoms with Gasteiger partial charge in [0.15, 0.2) is 0 Å². The van der Waals surface area contributed by atoms with Gasteiger partial charge in [-0.1, -0.05) is 6.92 Å². The Morgan fingerprint density at radius 3 is 2.61 bits per heavy atom. The molecule has 0 spiro atoms. The van der Waals surface area contributed by atoms with Crippen molar-refractivity contribution in [3.63, 3.8) is 0 Å². The molecule has 6 nitrogen and oxygen atoms in total. The van der Waals surface area contributed by atoms with Crippen LogP contribution >= 0.6 is 11.8 Å². The third kappa shape index (κ3) is 4.95. The van der Waals surface area contributed by atoms with Crippen molar-refractivity contribution in [2.24, 2.45) is 5.92 Å². The molecule has 0 radical (unpaired) electrons.